The number of nitrogen functional groups attached to an aromatic ring is 1. The lowest BCUT2D eigenvalue weighted by Crippen LogP contribution is -2.20. The Morgan fingerprint density at radius 3 is 2.78 bits per heavy atom. The lowest BCUT2D eigenvalue weighted by atomic mass is 9.89. The van der Waals surface area contributed by atoms with E-state index in [4.69, 9.17) is 28.9 Å². The Morgan fingerprint density at radius 1 is 1.28 bits per heavy atom. The molecule has 0 amide bonds. The average Bonchev–Trinajstić information content (AvgIpc) is 2.94. The van der Waals surface area contributed by atoms with E-state index < -0.39 is 0 Å². The molecule has 2 fully saturated rings. The molecule has 0 spiro atoms. The van der Waals surface area contributed by atoms with Gasteiger partial charge < -0.3 is 11.1 Å². The molecule has 0 aliphatic heterocycles. The van der Waals surface area contributed by atoms with Crippen molar-refractivity contribution in [3.8, 4) is 0 Å². The molecule has 2 aliphatic rings. The highest BCUT2D eigenvalue weighted by Gasteiger charge is 2.39. The molecule has 98 valence electrons. The summed E-state index contributed by atoms with van der Waals surface area (Å²) in [7, 11) is 0. The number of halogens is 2. The first-order chi connectivity index (χ1) is 8.63. The van der Waals surface area contributed by atoms with Crippen LogP contribution in [-0.4, -0.2) is 11.5 Å². The molecule has 5 heteroatoms. The molecule has 2 saturated carbocycles. The van der Waals surface area contributed by atoms with Crippen molar-refractivity contribution in [2.75, 3.05) is 17.6 Å². The molecule has 0 saturated heterocycles. The second-order valence-electron chi connectivity index (χ2n) is 5.50. The van der Waals surface area contributed by atoms with Crippen LogP contribution in [0.2, 0.25) is 10.0 Å². The third-order valence-electron chi connectivity index (χ3n) is 4.37. The first kappa shape index (κ1) is 12.4. The maximum Gasteiger partial charge on any atom is 0.147 e. The van der Waals surface area contributed by atoms with Gasteiger partial charge in [-0.25, -0.2) is 4.98 Å². The fraction of sp³-hybridized carbons (Fsp3) is 0.615. The molecule has 3 N–H and O–H groups in total. The van der Waals surface area contributed by atoms with Gasteiger partial charge in [0.05, 0.1) is 10.0 Å². The number of nitrogens with zero attached hydrogens (tertiary/aromatic N) is 1. The van der Waals surface area contributed by atoms with E-state index in [1.807, 2.05) is 0 Å². The highest BCUT2D eigenvalue weighted by molar-refractivity contribution is 6.37. The predicted molar refractivity (Wildman–Crippen MR) is 76.1 cm³/mol. The highest BCUT2D eigenvalue weighted by Crippen LogP contribution is 2.48. The summed E-state index contributed by atoms with van der Waals surface area (Å²) < 4.78 is 0. The average molecular weight is 286 g/mol. The summed E-state index contributed by atoms with van der Waals surface area (Å²) >= 11 is 12.0. The van der Waals surface area contributed by atoms with Gasteiger partial charge in [0.1, 0.15) is 11.6 Å². The summed E-state index contributed by atoms with van der Waals surface area (Å²) in [5.74, 6) is 3.60. The number of hydrogen-bond acceptors (Lipinski definition) is 3. The number of nitrogens with one attached hydrogen (secondary N) is 1. The van der Waals surface area contributed by atoms with E-state index in [2.05, 4.69) is 10.3 Å². The van der Waals surface area contributed by atoms with Gasteiger partial charge in [0.15, 0.2) is 0 Å². The minimum Gasteiger partial charge on any atom is -0.382 e. The van der Waals surface area contributed by atoms with Crippen LogP contribution in [0.1, 0.15) is 25.7 Å². The molecule has 1 aromatic heterocycles. The van der Waals surface area contributed by atoms with Crippen molar-refractivity contribution in [2.45, 2.75) is 25.7 Å². The molecule has 1 aromatic rings. The Bertz CT molecular complexity index is 464. The maximum atomic E-state index is 6.10. The topological polar surface area (TPSA) is 50.9 Å². The number of hydrogen-bond donors (Lipinski definition) is 2. The van der Waals surface area contributed by atoms with Crippen LogP contribution in [0.4, 0.5) is 11.6 Å². The quantitative estimate of drug-likeness (QED) is 0.888. The van der Waals surface area contributed by atoms with E-state index in [1.165, 1.54) is 25.7 Å². The van der Waals surface area contributed by atoms with E-state index in [0.29, 0.717) is 21.7 Å². The molecule has 3 nitrogen and oxygen atoms in total. The zero-order valence-corrected chi connectivity index (χ0v) is 11.6. The van der Waals surface area contributed by atoms with Crippen LogP contribution in [0.15, 0.2) is 6.07 Å². The smallest absolute Gasteiger partial charge is 0.147 e. The predicted octanol–water partition coefficient (Wildman–Crippen LogP) is 3.82. The Kier molecular flexibility index (Phi) is 3.29. The Labute approximate surface area is 117 Å². The van der Waals surface area contributed by atoms with E-state index in [-0.39, 0.29) is 0 Å². The number of anilines is 2. The fourth-order valence-electron chi connectivity index (χ4n) is 3.46. The van der Waals surface area contributed by atoms with Gasteiger partial charge in [-0.3, -0.25) is 0 Å². The van der Waals surface area contributed by atoms with Gasteiger partial charge in [-0.15, -0.1) is 0 Å². The first-order valence-electron chi connectivity index (χ1n) is 6.49. The second-order valence-corrected chi connectivity index (χ2v) is 6.32. The van der Waals surface area contributed by atoms with Gasteiger partial charge in [-0.1, -0.05) is 29.6 Å². The highest BCUT2D eigenvalue weighted by atomic mass is 35.5. The molecule has 2 aliphatic carbocycles. The monoisotopic (exact) mass is 285 g/mol. The molecule has 2 bridgehead atoms. The van der Waals surface area contributed by atoms with Gasteiger partial charge in [0, 0.05) is 6.54 Å². The van der Waals surface area contributed by atoms with E-state index >= 15 is 0 Å². The number of pyridine rings is 1. The van der Waals surface area contributed by atoms with Gasteiger partial charge in [0.2, 0.25) is 0 Å². The van der Waals surface area contributed by atoms with Crippen LogP contribution in [0, 0.1) is 17.8 Å². The van der Waals surface area contributed by atoms with Crippen molar-refractivity contribution in [1.82, 2.24) is 4.98 Å². The largest absolute Gasteiger partial charge is 0.382 e. The third kappa shape index (κ3) is 2.26. The van der Waals surface area contributed by atoms with Crippen molar-refractivity contribution < 1.29 is 0 Å². The lowest BCUT2D eigenvalue weighted by molar-refractivity contribution is 0.348. The van der Waals surface area contributed by atoms with Crippen LogP contribution in [0.25, 0.3) is 0 Å². The number of rotatable bonds is 3. The summed E-state index contributed by atoms with van der Waals surface area (Å²) in [6, 6.07) is 1.65. The number of nitrogens with two attached hydrogens (primary N) is 1. The lowest BCUT2D eigenvalue weighted by Gasteiger charge is -2.22. The minimum atomic E-state index is 0.330. The zero-order chi connectivity index (χ0) is 12.7. The molecular formula is C13H17Cl2N3. The maximum absolute atomic E-state index is 6.10. The SMILES string of the molecule is Nc1nc(NCC2CC3CCC2C3)c(Cl)cc1Cl. The third-order valence-corrected chi connectivity index (χ3v) is 4.96. The van der Waals surface area contributed by atoms with Gasteiger partial charge in [0.25, 0.3) is 0 Å². The van der Waals surface area contributed by atoms with Crippen molar-refractivity contribution in [3.63, 3.8) is 0 Å². The van der Waals surface area contributed by atoms with E-state index in [0.717, 1.165) is 24.3 Å². The van der Waals surface area contributed by atoms with Crippen molar-refractivity contribution in [2.24, 2.45) is 17.8 Å². The van der Waals surface area contributed by atoms with Crippen molar-refractivity contribution in [3.05, 3.63) is 16.1 Å². The molecular weight excluding hydrogens is 269 g/mol. The number of fused-ring (bicyclic) bond motifs is 2. The first-order valence-corrected chi connectivity index (χ1v) is 7.24. The number of aromatic nitrogens is 1. The standard InChI is InChI=1S/C13H17Cl2N3/c14-10-5-11(15)13(18-12(10)16)17-6-9-4-7-1-2-8(9)3-7/h5,7-9H,1-4,6H2,(H3,16,17,18). The molecule has 1 heterocycles. The molecule has 0 aromatic carbocycles. The molecule has 3 rings (SSSR count). The summed E-state index contributed by atoms with van der Waals surface area (Å²) in [6.45, 7) is 0.939. The van der Waals surface area contributed by atoms with Crippen molar-refractivity contribution in [1.29, 1.82) is 0 Å². The summed E-state index contributed by atoms with van der Waals surface area (Å²) in [5, 5.41) is 4.27. The van der Waals surface area contributed by atoms with Crippen LogP contribution in [0.5, 0.6) is 0 Å². The van der Waals surface area contributed by atoms with Crippen LogP contribution in [-0.2, 0) is 0 Å². The summed E-state index contributed by atoms with van der Waals surface area (Å²) in [6.07, 6.45) is 5.57. The fourth-order valence-corrected chi connectivity index (χ4v) is 3.88. The molecule has 3 atom stereocenters. The normalized spacial score (nSPS) is 29.8. The minimum absolute atomic E-state index is 0.330. The Balaban J connectivity index is 1.65. The van der Waals surface area contributed by atoms with Crippen molar-refractivity contribution >= 4 is 34.8 Å². The molecule has 0 radical (unpaired) electrons. The molecule has 18 heavy (non-hydrogen) atoms. The Morgan fingerprint density at radius 2 is 2.11 bits per heavy atom. The zero-order valence-electron chi connectivity index (χ0n) is 10.1. The summed E-state index contributed by atoms with van der Waals surface area (Å²) in [5.41, 5.74) is 5.69. The van der Waals surface area contributed by atoms with Gasteiger partial charge in [-0.2, -0.15) is 0 Å². The van der Waals surface area contributed by atoms with Gasteiger partial charge >= 0.3 is 0 Å². The Hall–Kier alpha value is -0.670. The van der Waals surface area contributed by atoms with Gasteiger partial charge in [-0.05, 0) is 43.1 Å². The second kappa shape index (κ2) is 4.78. The molecule has 3 unspecified atom stereocenters. The van der Waals surface area contributed by atoms with Crippen LogP contribution < -0.4 is 11.1 Å². The van der Waals surface area contributed by atoms with E-state index in [1.54, 1.807) is 6.07 Å². The van der Waals surface area contributed by atoms with E-state index in [9.17, 15) is 0 Å². The summed E-state index contributed by atoms with van der Waals surface area (Å²) in [4.78, 5) is 4.20. The van der Waals surface area contributed by atoms with Crippen LogP contribution in [0.3, 0.4) is 0 Å². The van der Waals surface area contributed by atoms with Crippen LogP contribution >= 0.6 is 23.2 Å².